The molecule has 0 aliphatic carbocycles. The number of benzene rings is 1. The molecule has 1 N–H and O–H groups in total. The number of aliphatic hydroxyl groups is 1. The fourth-order valence-corrected chi connectivity index (χ4v) is 1.59. The third-order valence-corrected chi connectivity index (χ3v) is 2.40. The van der Waals surface area contributed by atoms with Gasteiger partial charge in [0.1, 0.15) is 0 Å². The van der Waals surface area contributed by atoms with Gasteiger partial charge in [-0.15, -0.1) is 0 Å². The van der Waals surface area contributed by atoms with Crippen LogP contribution in [0, 0.1) is 6.92 Å². The Labute approximate surface area is 94.8 Å². The number of aliphatic hydroxyl groups excluding tert-OH is 1. The van der Waals surface area contributed by atoms with Crippen molar-refractivity contribution in [3.05, 3.63) is 41.9 Å². The molecule has 2 rings (SSSR count). The molecule has 1 aromatic heterocycles. The lowest BCUT2D eigenvalue weighted by atomic mass is 10.1. The van der Waals surface area contributed by atoms with Crippen molar-refractivity contribution in [3.8, 4) is 11.3 Å². The van der Waals surface area contributed by atoms with E-state index in [9.17, 15) is 0 Å². The molecule has 0 aliphatic rings. The highest BCUT2D eigenvalue weighted by Crippen LogP contribution is 2.21. The largest absolute Gasteiger partial charge is 0.441 e. The molecular formula is C13H15NO2. The van der Waals surface area contributed by atoms with E-state index in [0.717, 1.165) is 11.3 Å². The van der Waals surface area contributed by atoms with Gasteiger partial charge in [0.15, 0.2) is 11.7 Å². The summed E-state index contributed by atoms with van der Waals surface area (Å²) >= 11 is 0. The van der Waals surface area contributed by atoms with Gasteiger partial charge in [-0.25, -0.2) is 4.98 Å². The number of rotatable bonds is 4. The first-order valence-electron chi connectivity index (χ1n) is 5.42. The molecule has 0 fully saturated rings. The Morgan fingerprint density at radius 2 is 2.25 bits per heavy atom. The summed E-state index contributed by atoms with van der Waals surface area (Å²) in [7, 11) is 0. The first-order chi connectivity index (χ1) is 7.79. The fraction of sp³-hybridized carbons (Fsp3) is 0.308. The van der Waals surface area contributed by atoms with E-state index < -0.39 is 0 Å². The van der Waals surface area contributed by atoms with Crippen LogP contribution < -0.4 is 0 Å². The summed E-state index contributed by atoms with van der Waals surface area (Å²) in [5, 5.41) is 8.72. The van der Waals surface area contributed by atoms with Crippen LogP contribution in [0.3, 0.4) is 0 Å². The summed E-state index contributed by atoms with van der Waals surface area (Å²) in [5.41, 5.74) is 2.24. The van der Waals surface area contributed by atoms with E-state index in [1.807, 2.05) is 25.1 Å². The van der Waals surface area contributed by atoms with Gasteiger partial charge in [0.05, 0.1) is 6.20 Å². The average molecular weight is 217 g/mol. The van der Waals surface area contributed by atoms with Gasteiger partial charge >= 0.3 is 0 Å². The molecule has 16 heavy (non-hydrogen) atoms. The highest BCUT2D eigenvalue weighted by Gasteiger charge is 2.05. The van der Waals surface area contributed by atoms with E-state index in [1.165, 1.54) is 5.56 Å². The van der Waals surface area contributed by atoms with E-state index in [0.29, 0.717) is 18.7 Å². The first kappa shape index (κ1) is 10.9. The van der Waals surface area contributed by atoms with Crippen LogP contribution in [-0.2, 0) is 6.42 Å². The molecule has 0 saturated carbocycles. The number of hydrogen-bond donors (Lipinski definition) is 1. The first-order valence-corrected chi connectivity index (χ1v) is 5.42. The molecule has 1 heterocycles. The van der Waals surface area contributed by atoms with Gasteiger partial charge in [-0.2, -0.15) is 0 Å². The summed E-state index contributed by atoms with van der Waals surface area (Å²) in [5.74, 6) is 1.47. The lowest BCUT2D eigenvalue weighted by molar-refractivity contribution is 0.283. The van der Waals surface area contributed by atoms with Crippen LogP contribution >= 0.6 is 0 Å². The molecule has 2 aromatic rings. The number of aryl methyl sites for hydroxylation is 2. The Bertz CT molecular complexity index is 462. The smallest absolute Gasteiger partial charge is 0.194 e. The maximum atomic E-state index is 8.72. The quantitative estimate of drug-likeness (QED) is 0.856. The van der Waals surface area contributed by atoms with E-state index in [4.69, 9.17) is 9.52 Å². The SMILES string of the molecule is Cc1cccc(-c2cnc(CCCO)o2)c1. The summed E-state index contributed by atoms with van der Waals surface area (Å²) in [6.45, 7) is 2.22. The third kappa shape index (κ3) is 2.49. The summed E-state index contributed by atoms with van der Waals surface area (Å²) in [6.07, 6.45) is 3.11. The number of oxazole rings is 1. The van der Waals surface area contributed by atoms with Crippen LogP contribution in [-0.4, -0.2) is 16.7 Å². The van der Waals surface area contributed by atoms with Crippen molar-refractivity contribution in [3.63, 3.8) is 0 Å². The Morgan fingerprint density at radius 3 is 3.00 bits per heavy atom. The molecule has 0 atom stereocenters. The Morgan fingerprint density at radius 1 is 1.38 bits per heavy atom. The van der Waals surface area contributed by atoms with Crippen LogP contribution in [0.5, 0.6) is 0 Å². The van der Waals surface area contributed by atoms with Crippen molar-refractivity contribution in [1.29, 1.82) is 0 Å². The minimum absolute atomic E-state index is 0.169. The molecule has 0 radical (unpaired) electrons. The van der Waals surface area contributed by atoms with Gasteiger partial charge in [-0.1, -0.05) is 23.8 Å². The van der Waals surface area contributed by atoms with E-state index in [2.05, 4.69) is 11.1 Å². The van der Waals surface area contributed by atoms with Crippen molar-refractivity contribution in [2.75, 3.05) is 6.61 Å². The Balaban J connectivity index is 2.18. The van der Waals surface area contributed by atoms with Gasteiger partial charge < -0.3 is 9.52 Å². The van der Waals surface area contributed by atoms with Crippen LogP contribution in [0.2, 0.25) is 0 Å². The minimum Gasteiger partial charge on any atom is -0.441 e. The maximum Gasteiger partial charge on any atom is 0.194 e. The molecular weight excluding hydrogens is 202 g/mol. The second kappa shape index (κ2) is 4.94. The fourth-order valence-electron chi connectivity index (χ4n) is 1.59. The molecule has 84 valence electrons. The summed E-state index contributed by atoms with van der Waals surface area (Å²) in [6, 6.07) is 8.12. The van der Waals surface area contributed by atoms with Crippen LogP contribution in [0.4, 0.5) is 0 Å². The molecule has 0 amide bonds. The van der Waals surface area contributed by atoms with Gasteiger partial charge in [0, 0.05) is 18.6 Å². The predicted octanol–water partition coefficient (Wildman–Crippen LogP) is 2.57. The van der Waals surface area contributed by atoms with Gasteiger partial charge in [-0.05, 0) is 19.4 Å². The topological polar surface area (TPSA) is 46.3 Å². The second-order valence-electron chi connectivity index (χ2n) is 3.81. The Kier molecular flexibility index (Phi) is 3.37. The van der Waals surface area contributed by atoms with Crippen LogP contribution in [0.25, 0.3) is 11.3 Å². The molecule has 1 aromatic carbocycles. The van der Waals surface area contributed by atoms with Crippen molar-refractivity contribution >= 4 is 0 Å². The number of aromatic nitrogens is 1. The standard InChI is InChI=1S/C13H15NO2/c1-10-4-2-5-11(8-10)12-9-14-13(16-12)6-3-7-15/h2,4-5,8-9,15H,3,6-7H2,1H3. The summed E-state index contributed by atoms with van der Waals surface area (Å²) in [4.78, 5) is 4.18. The van der Waals surface area contributed by atoms with Crippen LogP contribution in [0.15, 0.2) is 34.9 Å². The van der Waals surface area contributed by atoms with Gasteiger partial charge in [0.25, 0.3) is 0 Å². The predicted molar refractivity (Wildman–Crippen MR) is 62.1 cm³/mol. The molecule has 0 saturated heterocycles. The van der Waals surface area contributed by atoms with Crippen molar-refractivity contribution < 1.29 is 9.52 Å². The van der Waals surface area contributed by atoms with E-state index >= 15 is 0 Å². The molecule has 3 heteroatoms. The van der Waals surface area contributed by atoms with Gasteiger partial charge in [-0.3, -0.25) is 0 Å². The maximum absolute atomic E-state index is 8.72. The van der Waals surface area contributed by atoms with Gasteiger partial charge in [0.2, 0.25) is 0 Å². The monoisotopic (exact) mass is 217 g/mol. The third-order valence-electron chi connectivity index (χ3n) is 2.40. The van der Waals surface area contributed by atoms with Crippen molar-refractivity contribution in [1.82, 2.24) is 4.98 Å². The number of nitrogens with zero attached hydrogens (tertiary/aromatic N) is 1. The highest BCUT2D eigenvalue weighted by atomic mass is 16.4. The lowest BCUT2D eigenvalue weighted by Crippen LogP contribution is -1.88. The molecule has 0 bridgehead atoms. The minimum atomic E-state index is 0.169. The molecule has 0 spiro atoms. The van der Waals surface area contributed by atoms with Crippen molar-refractivity contribution in [2.45, 2.75) is 19.8 Å². The molecule has 0 aliphatic heterocycles. The molecule has 0 unspecified atom stereocenters. The van der Waals surface area contributed by atoms with Crippen molar-refractivity contribution in [2.24, 2.45) is 0 Å². The molecule has 3 nitrogen and oxygen atoms in total. The van der Waals surface area contributed by atoms with E-state index in [1.54, 1.807) is 6.20 Å². The normalized spacial score (nSPS) is 10.6. The Hall–Kier alpha value is -1.61. The zero-order chi connectivity index (χ0) is 11.4. The number of hydrogen-bond acceptors (Lipinski definition) is 3. The zero-order valence-corrected chi connectivity index (χ0v) is 9.31. The highest BCUT2D eigenvalue weighted by molar-refractivity contribution is 5.57. The van der Waals surface area contributed by atoms with E-state index in [-0.39, 0.29) is 6.61 Å². The van der Waals surface area contributed by atoms with Crippen LogP contribution in [0.1, 0.15) is 17.9 Å². The zero-order valence-electron chi connectivity index (χ0n) is 9.31. The lowest BCUT2D eigenvalue weighted by Gasteiger charge is -1.97. The second-order valence-corrected chi connectivity index (χ2v) is 3.81. The average Bonchev–Trinajstić information content (AvgIpc) is 2.75. The summed E-state index contributed by atoms with van der Waals surface area (Å²) < 4.78 is 5.60.